The van der Waals surface area contributed by atoms with E-state index in [9.17, 15) is 31.9 Å². The van der Waals surface area contributed by atoms with E-state index in [1.807, 2.05) is 0 Å². The fourth-order valence-electron chi connectivity index (χ4n) is 2.33. The molecule has 0 aromatic carbocycles. The largest absolute Gasteiger partial charge is 0.450 e. The van der Waals surface area contributed by atoms with E-state index in [0.717, 1.165) is 0 Å². The first-order chi connectivity index (χ1) is 11.0. The molecule has 0 aromatic rings. The monoisotopic (exact) mass is 378 g/mol. The molecular formula is C14H19F5O6. The van der Waals surface area contributed by atoms with Gasteiger partial charge in [0.2, 0.25) is 5.60 Å². The van der Waals surface area contributed by atoms with Crippen molar-refractivity contribution < 1.29 is 50.8 Å². The molecule has 25 heavy (non-hydrogen) atoms. The molecule has 0 spiro atoms. The Bertz CT molecular complexity index is 552. The third-order valence-corrected chi connectivity index (χ3v) is 4.32. The molecule has 2 aliphatic heterocycles. The second-order valence-electron chi connectivity index (χ2n) is 7.16. The number of carbonyl (C=O) groups is 1. The van der Waals surface area contributed by atoms with Crippen LogP contribution in [-0.4, -0.2) is 60.2 Å². The number of esters is 1. The lowest BCUT2D eigenvalue weighted by molar-refractivity contribution is -0.409. The SMILES string of the molecule is CC1(C)OCC(C)(C(=O)OC2(C)COC(O)(C(F)(F)F)C2(F)F)CO1. The maximum Gasteiger partial charge on any atom is 0.449 e. The Balaban J connectivity index is 2.21. The molecule has 0 saturated carbocycles. The van der Waals surface area contributed by atoms with Crippen LogP contribution in [-0.2, 0) is 23.7 Å². The molecule has 0 radical (unpaired) electrons. The van der Waals surface area contributed by atoms with E-state index in [1.165, 1.54) is 6.92 Å². The van der Waals surface area contributed by atoms with Crippen LogP contribution in [0.2, 0.25) is 0 Å². The Labute approximate surface area is 140 Å². The molecule has 2 aliphatic rings. The zero-order valence-electron chi connectivity index (χ0n) is 14.0. The molecule has 0 amide bonds. The van der Waals surface area contributed by atoms with E-state index in [2.05, 4.69) is 9.47 Å². The number of carbonyl (C=O) groups excluding carboxylic acids is 1. The number of ether oxygens (including phenoxy) is 4. The van der Waals surface area contributed by atoms with Crippen molar-refractivity contribution in [3.8, 4) is 0 Å². The molecule has 2 rings (SSSR count). The summed E-state index contributed by atoms with van der Waals surface area (Å²) in [5.41, 5.74) is -4.53. The van der Waals surface area contributed by atoms with Gasteiger partial charge in [-0.3, -0.25) is 4.79 Å². The molecule has 2 heterocycles. The Morgan fingerprint density at radius 3 is 1.88 bits per heavy atom. The van der Waals surface area contributed by atoms with Crippen molar-refractivity contribution in [2.75, 3.05) is 19.8 Å². The Hall–Kier alpha value is -1.04. The van der Waals surface area contributed by atoms with Gasteiger partial charge in [0.05, 0.1) is 19.8 Å². The molecule has 1 N–H and O–H groups in total. The molecule has 2 fully saturated rings. The summed E-state index contributed by atoms with van der Waals surface area (Å²) in [4.78, 5) is 12.3. The molecular weight excluding hydrogens is 359 g/mol. The van der Waals surface area contributed by atoms with Crippen molar-refractivity contribution in [1.82, 2.24) is 0 Å². The van der Waals surface area contributed by atoms with E-state index in [1.54, 1.807) is 13.8 Å². The van der Waals surface area contributed by atoms with Crippen LogP contribution in [0.3, 0.4) is 0 Å². The van der Waals surface area contributed by atoms with E-state index >= 15 is 0 Å². The van der Waals surface area contributed by atoms with Crippen LogP contribution in [0.15, 0.2) is 0 Å². The van der Waals surface area contributed by atoms with Gasteiger partial charge in [0.15, 0.2) is 5.79 Å². The highest BCUT2D eigenvalue weighted by Gasteiger charge is 2.83. The Morgan fingerprint density at radius 2 is 1.48 bits per heavy atom. The standard InChI is InChI=1S/C14H19F5O6/c1-9(2)22-5-10(3,6-23-9)8(20)25-11(4)7-24-13(21,12(11,15)16)14(17,18)19/h21H,5-7H2,1-4H3. The molecule has 0 aromatic heterocycles. The molecule has 146 valence electrons. The first-order valence-electron chi connectivity index (χ1n) is 7.32. The first-order valence-corrected chi connectivity index (χ1v) is 7.32. The van der Waals surface area contributed by atoms with Crippen LogP contribution < -0.4 is 0 Å². The van der Waals surface area contributed by atoms with Crippen molar-refractivity contribution in [3.63, 3.8) is 0 Å². The van der Waals surface area contributed by atoms with Gasteiger partial charge in [0.25, 0.3) is 0 Å². The predicted octanol–water partition coefficient (Wildman–Crippen LogP) is 1.99. The van der Waals surface area contributed by atoms with Crippen molar-refractivity contribution in [1.29, 1.82) is 0 Å². The van der Waals surface area contributed by atoms with Gasteiger partial charge < -0.3 is 24.1 Å². The lowest BCUT2D eigenvalue weighted by Crippen LogP contribution is -2.64. The minimum absolute atomic E-state index is 0.245. The third kappa shape index (κ3) is 3.00. The summed E-state index contributed by atoms with van der Waals surface area (Å²) in [5, 5.41) is 9.31. The number of rotatable bonds is 2. The summed E-state index contributed by atoms with van der Waals surface area (Å²) < 4.78 is 86.1. The maximum absolute atomic E-state index is 14.3. The topological polar surface area (TPSA) is 74.2 Å². The smallest absolute Gasteiger partial charge is 0.449 e. The minimum atomic E-state index is -5.79. The maximum atomic E-state index is 14.3. The third-order valence-electron chi connectivity index (χ3n) is 4.32. The van der Waals surface area contributed by atoms with Gasteiger partial charge in [-0.25, -0.2) is 0 Å². The average Bonchev–Trinajstić information content (AvgIpc) is 2.63. The molecule has 2 saturated heterocycles. The highest BCUT2D eigenvalue weighted by atomic mass is 19.4. The highest BCUT2D eigenvalue weighted by Crippen LogP contribution is 2.54. The summed E-state index contributed by atoms with van der Waals surface area (Å²) in [6.07, 6.45) is -5.79. The summed E-state index contributed by atoms with van der Waals surface area (Å²) in [7, 11) is 0. The van der Waals surface area contributed by atoms with Crippen LogP contribution in [0.1, 0.15) is 27.7 Å². The molecule has 6 nitrogen and oxygen atoms in total. The number of hydrogen-bond acceptors (Lipinski definition) is 6. The van der Waals surface area contributed by atoms with E-state index in [4.69, 9.17) is 9.47 Å². The lowest BCUT2D eigenvalue weighted by atomic mass is 9.89. The van der Waals surface area contributed by atoms with Crippen molar-refractivity contribution in [2.45, 2.75) is 57.0 Å². The number of aliphatic hydroxyl groups is 1. The fourth-order valence-corrected chi connectivity index (χ4v) is 2.33. The van der Waals surface area contributed by atoms with Crippen molar-refractivity contribution >= 4 is 5.97 Å². The van der Waals surface area contributed by atoms with E-state index in [-0.39, 0.29) is 13.2 Å². The number of alkyl halides is 5. The summed E-state index contributed by atoms with van der Waals surface area (Å²) >= 11 is 0. The van der Waals surface area contributed by atoms with Crippen LogP contribution in [0, 0.1) is 5.41 Å². The van der Waals surface area contributed by atoms with Crippen LogP contribution in [0.4, 0.5) is 22.0 Å². The summed E-state index contributed by atoms with van der Waals surface area (Å²) in [6.45, 7) is 3.17. The normalized spacial score (nSPS) is 36.9. The Kier molecular flexibility index (Phi) is 4.44. The van der Waals surface area contributed by atoms with Crippen LogP contribution in [0.5, 0.6) is 0 Å². The Morgan fingerprint density at radius 1 is 1.00 bits per heavy atom. The molecule has 2 unspecified atom stereocenters. The van der Waals surface area contributed by atoms with Crippen LogP contribution >= 0.6 is 0 Å². The lowest BCUT2D eigenvalue weighted by Gasteiger charge is -2.42. The molecule has 0 bridgehead atoms. The quantitative estimate of drug-likeness (QED) is 0.585. The van der Waals surface area contributed by atoms with E-state index < -0.39 is 47.3 Å². The van der Waals surface area contributed by atoms with Crippen molar-refractivity contribution in [3.05, 3.63) is 0 Å². The number of hydrogen-bond donors (Lipinski definition) is 1. The average molecular weight is 378 g/mol. The second-order valence-corrected chi connectivity index (χ2v) is 7.16. The van der Waals surface area contributed by atoms with Crippen LogP contribution in [0.25, 0.3) is 0 Å². The van der Waals surface area contributed by atoms with Gasteiger partial charge in [-0.05, 0) is 27.7 Å². The number of halogens is 5. The highest BCUT2D eigenvalue weighted by molar-refractivity contribution is 5.77. The van der Waals surface area contributed by atoms with Crippen molar-refractivity contribution in [2.24, 2.45) is 5.41 Å². The zero-order valence-corrected chi connectivity index (χ0v) is 14.0. The van der Waals surface area contributed by atoms with Gasteiger partial charge in [0, 0.05) is 0 Å². The predicted molar refractivity (Wildman–Crippen MR) is 70.5 cm³/mol. The zero-order chi connectivity index (χ0) is 19.5. The van der Waals surface area contributed by atoms with Gasteiger partial charge in [-0.2, -0.15) is 22.0 Å². The molecule has 0 aliphatic carbocycles. The van der Waals surface area contributed by atoms with Gasteiger partial charge in [-0.15, -0.1) is 0 Å². The van der Waals surface area contributed by atoms with Gasteiger partial charge in [0.1, 0.15) is 5.41 Å². The van der Waals surface area contributed by atoms with E-state index in [0.29, 0.717) is 6.92 Å². The summed E-state index contributed by atoms with van der Waals surface area (Å²) in [5.74, 6) is -11.9. The fraction of sp³-hybridized carbons (Fsp3) is 0.929. The minimum Gasteiger partial charge on any atom is -0.450 e. The summed E-state index contributed by atoms with van der Waals surface area (Å²) in [6, 6.07) is 0. The van der Waals surface area contributed by atoms with Gasteiger partial charge in [-0.1, -0.05) is 0 Å². The first kappa shape index (κ1) is 20.3. The molecule has 2 atom stereocenters. The second kappa shape index (κ2) is 5.48. The van der Waals surface area contributed by atoms with Gasteiger partial charge >= 0.3 is 23.9 Å². The molecule has 11 heteroatoms.